The Morgan fingerprint density at radius 3 is 2.50 bits per heavy atom. The van der Waals surface area contributed by atoms with E-state index in [1.54, 1.807) is 0 Å². The van der Waals surface area contributed by atoms with Crippen molar-refractivity contribution in [2.75, 3.05) is 0 Å². The minimum atomic E-state index is -0.807. The van der Waals surface area contributed by atoms with Crippen LogP contribution < -0.4 is 15.5 Å². The van der Waals surface area contributed by atoms with Gasteiger partial charge in [-0.1, -0.05) is 67.6 Å². The predicted molar refractivity (Wildman–Crippen MR) is 118 cm³/mol. The van der Waals surface area contributed by atoms with E-state index in [1.165, 1.54) is 6.21 Å². The standard InChI is InChI=1S/C24H25N3O3/c1-3-17(2)26-23(28)24(29)27-25-15-21-20-12-8-7-11-19(20)13-14-22(21)30-16-18-9-5-4-6-10-18/h4-15,17H,3,16H2,1-2H3,(H,26,28)(H,27,29)/b25-15-/t17-/m1/s1. The molecule has 6 heteroatoms. The molecule has 3 rings (SSSR count). The number of hydrazone groups is 1. The highest BCUT2D eigenvalue weighted by Crippen LogP contribution is 2.27. The zero-order chi connectivity index (χ0) is 21.3. The zero-order valence-electron chi connectivity index (χ0n) is 17.1. The predicted octanol–water partition coefficient (Wildman–Crippen LogP) is 3.78. The third-order valence-corrected chi connectivity index (χ3v) is 4.72. The van der Waals surface area contributed by atoms with E-state index in [0.29, 0.717) is 12.4 Å². The second kappa shape index (κ2) is 10.2. The molecule has 0 saturated carbocycles. The summed E-state index contributed by atoms with van der Waals surface area (Å²) in [5, 5.41) is 8.56. The van der Waals surface area contributed by atoms with Crippen molar-refractivity contribution in [1.29, 1.82) is 0 Å². The van der Waals surface area contributed by atoms with Crippen molar-refractivity contribution in [1.82, 2.24) is 10.7 Å². The summed E-state index contributed by atoms with van der Waals surface area (Å²) >= 11 is 0. The van der Waals surface area contributed by atoms with Crippen LogP contribution in [0.2, 0.25) is 0 Å². The van der Waals surface area contributed by atoms with Crippen molar-refractivity contribution in [3.05, 3.63) is 77.9 Å². The van der Waals surface area contributed by atoms with Crippen LogP contribution in [0.25, 0.3) is 10.8 Å². The van der Waals surface area contributed by atoms with Crippen LogP contribution in [-0.4, -0.2) is 24.1 Å². The number of hydrogen-bond donors (Lipinski definition) is 2. The van der Waals surface area contributed by atoms with Crippen LogP contribution >= 0.6 is 0 Å². The van der Waals surface area contributed by atoms with Crippen LogP contribution in [-0.2, 0) is 16.2 Å². The summed E-state index contributed by atoms with van der Waals surface area (Å²) < 4.78 is 6.02. The van der Waals surface area contributed by atoms with E-state index in [2.05, 4.69) is 15.8 Å². The number of benzene rings is 3. The van der Waals surface area contributed by atoms with Gasteiger partial charge in [-0.3, -0.25) is 9.59 Å². The average Bonchev–Trinajstić information content (AvgIpc) is 2.78. The second-order valence-electron chi connectivity index (χ2n) is 6.95. The van der Waals surface area contributed by atoms with Gasteiger partial charge in [0.05, 0.1) is 6.21 Å². The van der Waals surface area contributed by atoms with E-state index in [4.69, 9.17) is 4.74 Å². The summed E-state index contributed by atoms with van der Waals surface area (Å²) in [7, 11) is 0. The molecule has 0 fully saturated rings. The highest BCUT2D eigenvalue weighted by Gasteiger charge is 2.14. The van der Waals surface area contributed by atoms with Gasteiger partial charge in [-0.2, -0.15) is 5.10 Å². The minimum absolute atomic E-state index is 0.0803. The van der Waals surface area contributed by atoms with Crippen molar-refractivity contribution >= 4 is 28.8 Å². The van der Waals surface area contributed by atoms with Crippen LogP contribution in [0.3, 0.4) is 0 Å². The number of nitrogens with zero attached hydrogens (tertiary/aromatic N) is 1. The molecule has 0 aliphatic carbocycles. The van der Waals surface area contributed by atoms with E-state index in [1.807, 2.05) is 80.6 Å². The van der Waals surface area contributed by atoms with Crippen LogP contribution in [0.1, 0.15) is 31.4 Å². The molecular formula is C24H25N3O3. The van der Waals surface area contributed by atoms with Gasteiger partial charge in [0, 0.05) is 11.6 Å². The molecule has 154 valence electrons. The Bertz CT molecular complexity index is 1050. The molecule has 0 heterocycles. The van der Waals surface area contributed by atoms with Crippen molar-refractivity contribution in [2.45, 2.75) is 32.9 Å². The van der Waals surface area contributed by atoms with Crippen molar-refractivity contribution in [3.8, 4) is 5.75 Å². The van der Waals surface area contributed by atoms with E-state index in [-0.39, 0.29) is 6.04 Å². The monoisotopic (exact) mass is 403 g/mol. The summed E-state index contributed by atoms with van der Waals surface area (Å²) in [6, 6.07) is 21.5. The first kappa shape index (κ1) is 21.0. The van der Waals surface area contributed by atoms with Gasteiger partial charge in [0.25, 0.3) is 0 Å². The highest BCUT2D eigenvalue weighted by molar-refractivity contribution is 6.35. The van der Waals surface area contributed by atoms with Gasteiger partial charge >= 0.3 is 11.8 Å². The maximum Gasteiger partial charge on any atom is 0.329 e. The molecule has 0 aromatic heterocycles. The lowest BCUT2D eigenvalue weighted by molar-refractivity contribution is -0.139. The second-order valence-corrected chi connectivity index (χ2v) is 6.95. The molecule has 0 aliphatic rings. The quantitative estimate of drug-likeness (QED) is 0.358. The first-order valence-corrected chi connectivity index (χ1v) is 9.91. The van der Waals surface area contributed by atoms with Crippen LogP contribution in [0.4, 0.5) is 0 Å². The maximum atomic E-state index is 12.0. The topological polar surface area (TPSA) is 79.8 Å². The van der Waals surface area contributed by atoms with Crippen LogP contribution in [0, 0.1) is 0 Å². The number of carbonyl (C=O) groups is 2. The summed E-state index contributed by atoms with van der Waals surface area (Å²) in [4.78, 5) is 23.8. The molecule has 2 N–H and O–H groups in total. The summed E-state index contributed by atoms with van der Waals surface area (Å²) in [5.74, 6) is -0.877. The largest absolute Gasteiger partial charge is 0.488 e. The summed E-state index contributed by atoms with van der Waals surface area (Å²) in [6.45, 7) is 4.17. The van der Waals surface area contributed by atoms with E-state index < -0.39 is 11.8 Å². The molecule has 0 unspecified atom stereocenters. The molecule has 1 atom stereocenters. The fraction of sp³-hybridized carbons (Fsp3) is 0.208. The Morgan fingerprint density at radius 1 is 1.00 bits per heavy atom. The SMILES string of the molecule is CC[C@@H](C)NC(=O)C(=O)N/N=C\c1c(OCc2ccccc2)ccc2ccccc12. The molecule has 0 spiro atoms. The van der Waals surface area contributed by atoms with Crippen LogP contribution in [0.15, 0.2) is 71.8 Å². The van der Waals surface area contributed by atoms with Gasteiger partial charge in [0.1, 0.15) is 12.4 Å². The average molecular weight is 403 g/mol. The number of carbonyl (C=O) groups excluding carboxylic acids is 2. The zero-order valence-corrected chi connectivity index (χ0v) is 17.1. The number of ether oxygens (including phenoxy) is 1. The van der Waals surface area contributed by atoms with Crippen LogP contribution in [0.5, 0.6) is 5.75 Å². The molecule has 0 aliphatic heterocycles. The third-order valence-electron chi connectivity index (χ3n) is 4.72. The Hall–Kier alpha value is -3.67. The minimum Gasteiger partial charge on any atom is -0.488 e. The molecule has 0 bridgehead atoms. The Kier molecular flexibility index (Phi) is 7.16. The normalized spacial score (nSPS) is 11.9. The van der Waals surface area contributed by atoms with E-state index >= 15 is 0 Å². The molecule has 2 amide bonds. The Balaban J connectivity index is 1.79. The highest BCUT2D eigenvalue weighted by atomic mass is 16.5. The summed E-state index contributed by atoms with van der Waals surface area (Å²) in [6.07, 6.45) is 2.25. The number of nitrogens with one attached hydrogen (secondary N) is 2. The first-order valence-electron chi connectivity index (χ1n) is 9.91. The molecule has 0 radical (unpaired) electrons. The van der Waals surface area contributed by atoms with Gasteiger partial charge < -0.3 is 10.1 Å². The number of rotatable bonds is 7. The smallest absolute Gasteiger partial charge is 0.329 e. The number of amides is 2. The fourth-order valence-electron chi connectivity index (χ4n) is 2.87. The van der Waals surface area contributed by atoms with E-state index in [0.717, 1.165) is 28.3 Å². The molecule has 30 heavy (non-hydrogen) atoms. The van der Waals surface area contributed by atoms with Gasteiger partial charge in [-0.05, 0) is 35.7 Å². The maximum absolute atomic E-state index is 12.0. The summed E-state index contributed by atoms with van der Waals surface area (Å²) in [5.41, 5.74) is 4.06. The number of hydrogen-bond acceptors (Lipinski definition) is 4. The lowest BCUT2D eigenvalue weighted by Crippen LogP contribution is -2.41. The first-order chi connectivity index (χ1) is 14.6. The molecule has 3 aromatic rings. The fourth-order valence-corrected chi connectivity index (χ4v) is 2.87. The van der Waals surface area contributed by atoms with Gasteiger partial charge in [-0.15, -0.1) is 0 Å². The van der Waals surface area contributed by atoms with Gasteiger partial charge in [-0.25, -0.2) is 5.43 Å². The lowest BCUT2D eigenvalue weighted by Gasteiger charge is -2.12. The van der Waals surface area contributed by atoms with Gasteiger partial charge in [0.2, 0.25) is 0 Å². The Labute approximate surface area is 175 Å². The Morgan fingerprint density at radius 2 is 1.73 bits per heavy atom. The van der Waals surface area contributed by atoms with Crippen molar-refractivity contribution in [3.63, 3.8) is 0 Å². The lowest BCUT2D eigenvalue weighted by atomic mass is 10.0. The van der Waals surface area contributed by atoms with Crippen molar-refractivity contribution < 1.29 is 14.3 Å². The third kappa shape index (κ3) is 5.44. The molecule has 6 nitrogen and oxygen atoms in total. The molecule has 3 aromatic carbocycles. The molecular weight excluding hydrogens is 378 g/mol. The number of fused-ring (bicyclic) bond motifs is 1. The van der Waals surface area contributed by atoms with Crippen molar-refractivity contribution in [2.24, 2.45) is 5.10 Å². The van der Waals surface area contributed by atoms with Gasteiger partial charge in [0.15, 0.2) is 0 Å². The van der Waals surface area contributed by atoms with E-state index in [9.17, 15) is 9.59 Å². The molecule has 0 saturated heterocycles.